The molecule has 0 atom stereocenters. The van der Waals surface area contributed by atoms with Gasteiger partial charge in [0, 0.05) is 12.4 Å². The number of halogens is 3. The Balaban J connectivity index is 0. The summed E-state index contributed by atoms with van der Waals surface area (Å²) in [5.41, 5.74) is 7.94. The van der Waals surface area contributed by atoms with Crippen LogP contribution in [0.1, 0.15) is 48.5 Å². The molecule has 0 fully saturated rings. The third-order valence-electron chi connectivity index (χ3n) is 4.64. The number of aromatic nitrogens is 2. The Morgan fingerprint density at radius 3 is 1.19 bits per heavy atom. The molecular formula is C26H36Cl3N2Rh. The van der Waals surface area contributed by atoms with E-state index in [-0.39, 0.29) is 0 Å². The molecule has 0 spiro atoms. The van der Waals surface area contributed by atoms with Crippen LogP contribution in [-0.4, -0.2) is 9.97 Å². The van der Waals surface area contributed by atoms with Crippen LogP contribution in [0.4, 0.5) is 0 Å². The molecule has 0 aliphatic heterocycles. The number of pyridine rings is 2. The zero-order valence-corrected chi connectivity index (χ0v) is 24.0. The number of hydrogen-bond acceptors (Lipinski definition) is 2. The van der Waals surface area contributed by atoms with Gasteiger partial charge in [0.15, 0.2) is 0 Å². The Bertz CT molecular complexity index is 762. The van der Waals surface area contributed by atoms with Gasteiger partial charge in [0.05, 0.1) is 11.4 Å². The summed E-state index contributed by atoms with van der Waals surface area (Å²) in [6.07, 6.45) is 7.04. The first-order valence-corrected chi connectivity index (χ1v) is 16.4. The van der Waals surface area contributed by atoms with Crippen molar-refractivity contribution in [1.82, 2.24) is 9.97 Å². The van der Waals surface area contributed by atoms with Gasteiger partial charge >= 0.3 is 42.1 Å². The van der Waals surface area contributed by atoms with Gasteiger partial charge in [0.2, 0.25) is 0 Å². The van der Waals surface area contributed by atoms with Crippen LogP contribution in [0.5, 0.6) is 0 Å². The molecule has 0 saturated carbocycles. The predicted octanol–water partition coefficient (Wildman–Crippen LogP) is 9.90. The average molecular weight is 586 g/mol. The SMILES string of the molecule is C=CC.C=CC.CC1=C(C)C(C)C(C)=C1C.[Cl][Rh]([Cl])[Cl].c1ccc(-c2ccccn2)nc1. The Labute approximate surface area is 213 Å². The molecule has 180 valence electrons. The molecule has 0 N–H and O–H groups in total. The fourth-order valence-corrected chi connectivity index (χ4v) is 2.59. The summed E-state index contributed by atoms with van der Waals surface area (Å²) in [6, 6.07) is 11.6. The number of nitrogens with zero attached hydrogens (tertiary/aromatic N) is 2. The van der Waals surface area contributed by atoms with Crippen LogP contribution in [0.2, 0.25) is 0 Å². The molecule has 2 nitrogen and oxygen atoms in total. The molecular weight excluding hydrogens is 550 g/mol. The molecule has 2 heterocycles. The van der Waals surface area contributed by atoms with Crippen molar-refractivity contribution in [1.29, 1.82) is 0 Å². The van der Waals surface area contributed by atoms with E-state index in [4.69, 9.17) is 29.1 Å². The minimum Gasteiger partial charge on any atom is -0.255 e. The first-order chi connectivity index (χ1) is 15.1. The van der Waals surface area contributed by atoms with Crippen molar-refractivity contribution in [3.05, 3.63) is 96.4 Å². The van der Waals surface area contributed by atoms with E-state index in [0.29, 0.717) is 5.92 Å². The fourth-order valence-electron chi connectivity index (χ4n) is 2.59. The van der Waals surface area contributed by atoms with Gasteiger partial charge in [-0.2, -0.15) is 0 Å². The summed E-state index contributed by atoms with van der Waals surface area (Å²) in [6.45, 7) is 21.7. The maximum absolute atomic E-state index is 4.94. The van der Waals surface area contributed by atoms with E-state index in [1.54, 1.807) is 35.7 Å². The van der Waals surface area contributed by atoms with Crippen LogP contribution in [0, 0.1) is 5.92 Å². The molecule has 0 amide bonds. The summed E-state index contributed by atoms with van der Waals surface area (Å²) in [4.78, 5) is 8.37. The van der Waals surface area contributed by atoms with Gasteiger partial charge in [-0.15, -0.1) is 13.2 Å². The predicted molar refractivity (Wildman–Crippen MR) is 143 cm³/mol. The van der Waals surface area contributed by atoms with Crippen molar-refractivity contribution in [3.63, 3.8) is 0 Å². The van der Waals surface area contributed by atoms with Crippen molar-refractivity contribution in [2.24, 2.45) is 5.92 Å². The molecule has 0 saturated heterocycles. The second-order valence-corrected chi connectivity index (χ2v) is 14.2. The molecule has 2 aromatic heterocycles. The molecule has 1 aliphatic rings. The van der Waals surface area contributed by atoms with E-state index in [9.17, 15) is 0 Å². The maximum Gasteiger partial charge on any atom is 0.0886 e. The zero-order chi connectivity index (χ0) is 25.1. The molecule has 0 radical (unpaired) electrons. The monoisotopic (exact) mass is 584 g/mol. The quantitative estimate of drug-likeness (QED) is 0.246. The van der Waals surface area contributed by atoms with Gasteiger partial charge in [-0.3, -0.25) is 9.97 Å². The van der Waals surface area contributed by atoms with Crippen LogP contribution in [0.25, 0.3) is 11.4 Å². The molecule has 1 aliphatic carbocycles. The normalized spacial score (nSPS) is 12.5. The number of allylic oxidation sites excluding steroid dienone is 6. The molecule has 3 rings (SSSR count). The first-order valence-electron chi connectivity index (χ1n) is 10.0. The zero-order valence-electron chi connectivity index (χ0n) is 20.1. The van der Waals surface area contributed by atoms with E-state index >= 15 is 0 Å². The maximum atomic E-state index is 4.94. The van der Waals surface area contributed by atoms with Crippen LogP contribution in [0.15, 0.2) is 96.4 Å². The van der Waals surface area contributed by atoms with Crippen molar-refractivity contribution >= 4 is 29.1 Å². The van der Waals surface area contributed by atoms with E-state index in [1.165, 1.54) is 11.1 Å². The van der Waals surface area contributed by atoms with Crippen molar-refractivity contribution in [3.8, 4) is 11.4 Å². The van der Waals surface area contributed by atoms with Crippen LogP contribution in [0.3, 0.4) is 0 Å². The topological polar surface area (TPSA) is 25.8 Å². The number of rotatable bonds is 1. The second kappa shape index (κ2) is 20.4. The van der Waals surface area contributed by atoms with Gasteiger partial charge in [-0.1, -0.05) is 42.4 Å². The third kappa shape index (κ3) is 14.7. The van der Waals surface area contributed by atoms with Gasteiger partial charge in [0.1, 0.15) is 0 Å². The largest absolute Gasteiger partial charge is 0.255 e. The standard InChI is InChI=1S/C10H8N2.C10H16.2C3H6.3ClH.Rh/c1-3-7-11-9(5-1)10-6-2-4-8-12-10;1-6-7(2)9(4)10(5)8(6)3;2*1-3-2;;;;/h1-8H;6H,1-5H3;2*3H,1H2,2H3;3*1H;/q;;;;;;;+3/p-3. The summed E-state index contributed by atoms with van der Waals surface area (Å²) in [5.74, 6) is 0.694. The molecule has 0 unspecified atom stereocenters. The number of hydrogen-bond donors (Lipinski definition) is 0. The van der Waals surface area contributed by atoms with Crippen LogP contribution < -0.4 is 0 Å². The Morgan fingerprint density at radius 2 is 1.03 bits per heavy atom. The molecule has 0 aromatic carbocycles. The molecule has 0 bridgehead atoms. The summed E-state index contributed by atoms with van der Waals surface area (Å²) >= 11 is -1.66. The fraction of sp³-hybridized carbons (Fsp3) is 0.308. The van der Waals surface area contributed by atoms with Crippen molar-refractivity contribution in [2.75, 3.05) is 0 Å². The van der Waals surface area contributed by atoms with Gasteiger partial charge in [-0.25, -0.2) is 0 Å². The minimum absolute atomic E-state index is 0.694. The van der Waals surface area contributed by atoms with Crippen LogP contribution >= 0.6 is 29.1 Å². The van der Waals surface area contributed by atoms with E-state index in [0.717, 1.165) is 11.4 Å². The second-order valence-electron chi connectivity index (χ2n) is 6.73. The Hall–Kier alpha value is -1.25. The van der Waals surface area contributed by atoms with Crippen molar-refractivity contribution < 1.29 is 13.0 Å². The summed E-state index contributed by atoms with van der Waals surface area (Å²) < 4.78 is 0. The van der Waals surface area contributed by atoms with Crippen LogP contribution in [-0.2, 0) is 13.0 Å². The molecule has 6 heteroatoms. The van der Waals surface area contributed by atoms with Crippen molar-refractivity contribution in [2.45, 2.75) is 48.5 Å². The Kier molecular flexibility index (Phi) is 21.0. The summed E-state index contributed by atoms with van der Waals surface area (Å²) in [7, 11) is 14.8. The Morgan fingerprint density at radius 1 is 0.750 bits per heavy atom. The molecule has 32 heavy (non-hydrogen) atoms. The molecule has 2 aromatic rings. The third-order valence-corrected chi connectivity index (χ3v) is 4.64. The minimum atomic E-state index is -1.66. The summed E-state index contributed by atoms with van der Waals surface area (Å²) in [5, 5.41) is 0. The van der Waals surface area contributed by atoms with E-state index in [1.807, 2.05) is 50.2 Å². The smallest absolute Gasteiger partial charge is 0.0886 e. The van der Waals surface area contributed by atoms with E-state index < -0.39 is 13.0 Å². The first kappa shape index (κ1) is 32.9. The van der Waals surface area contributed by atoms with Gasteiger partial charge in [-0.05, 0) is 82.9 Å². The van der Waals surface area contributed by atoms with E-state index in [2.05, 4.69) is 57.7 Å². The van der Waals surface area contributed by atoms with Gasteiger partial charge in [0.25, 0.3) is 0 Å². The van der Waals surface area contributed by atoms with Gasteiger partial charge < -0.3 is 0 Å². The average Bonchev–Trinajstić information content (AvgIpc) is 2.94.